The van der Waals surface area contributed by atoms with Crippen LogP contribution < -0.4 is 0 Å². The van der Waals surface area contributed by atoms with Gasteiger partial charge in [-0.1, -0.05) is 6.92 Å². The van der Waals surface area contributed by atoms with E-state index >= 15 is 0 Å². The van der Waals surface area contributed by atoms with E-state index in [2.05, 4.69) is 16.9 Å². The number of fused-ring (bicyclic) bond motifs is 1. The first-order valence-electron chi connectivity index (χ1n) is 6.92. The minimum atomic E-state index is 0.130. The Morgan fingerprint density at radius 1 is 1.35 bits per heavy atom. The number of carbonyl (C=O) groups excluding carboxylic acids is 1. The molecule has 0 N–H and O–H groups in total. The van der Waals surface area contributed by atoms with Crippen LogP contribution in [-0.2, 0) is 19.3 Å². The molecule has 0 unspecified atom stereocenters. The van der Waals surface area contributed by atoms with Crippen molar-refractivity contribution in [3.8, 4) is 0 Å². The Balaban J connectivity index is 1.81. The number of hydrogen-bond acceptors (Lipinski definition) is 4. The Morgan fingerprint density at radius 3 is 2.95 bits per heavy atom. The fourth-order valence-corrected chi connectivity index (χ4v) is 3.30. The number of thiophene rings is 1. The zero-order valence-electron chi connectivity index (χ0n) is 11.5. The summed E-state index contributed by atoms with van der Waals surface area (Å²) in [6, 6.07) is 1.89. The van der Waals surface area contributed by atoms with Gasteiger partial charge in [-0.3, -0.25) is 4.79 Å². The molecule has 0 saturated heterocycles. The summed E-state index contributed by atoms with van der Waals surface area (Å²) >= 11 is 1.56. The predicted molar refractivity (Wildman–Crippen MR) is 79.0 cm³/mol. The zero-order chi connectivity index (χ0) is 13.9. The van der Waals surface area contributed by atoms with E-state index in [1.807, 2.05) is 21.7 Å². The Morgan fingerprint density at radius 2 is 2.20 bits per heavy atom. The average molecular weight is 287 g/mol. The lowest BCUT2D eigenvalue weighted by Crippen LogP contribution is -2.33. The van der Waals surface area contributed by atoms with Gasteiger partial charge in [0.2, 0.25) is 0 Å². The molecule has 0 spiro atoms. The van der Waals surface area contributed by atoms with E-state index in [0.29, 0.717) is 0 Å². The molecule has 0 aliphatic carbocycles. The van der Waals surface area contributed by atoms with E-state index in [-0.39, 0.29) is 5.91 Å². The van der Waals surface area contributed by atoms with Crippen LogP contribution in [0, 0.1) is 0 Å². The van der Waals surface area contributed by atoms with Gasteiger partial charge in [0.15, 0.2) is 0 Å². The van der Waals surface area contributed by atoms with Crippen LogP contribution >= 0.6 is 11.3 Å². The van der Waals surface area contributed by atoms with Crippen molar-refractivity contribution in [2.24, 2.45) is 0 Å². The first-order chi connectivity index (χ1) is 9.79. The third-order valence-corrected chi connectivity index (χ3v) is 4.45. The second-order valence-electron chi connectivity index (χ2n) is 4.90. The lowest BCUT2D eigenvalue weighted by atomic mass is 10.1. The largest absolute Gasteiger partial charge is 0.338 e. The van der Waals surface area contributed by atoms with Crippen molar-refractivity contribution < 1.29 is 4.79 Å². The first kappa shape index (κ1) is 13.2. The smallest absolute Gasteiger partial charge is 0.254 e. The fourth-order valence-electron chi connectivity index (χ4n) is 2.67. The highest BCUT2D eigenvalue weighted by atomic mass is 32.1. The van der Waals surface area contributed by atoms with Gasteiger partial charge in [-0.05, 0) is 29.9 Å². The van der Waals surface area contributed by atoms with Crippen molar-refractivity contribution in [2.75, 3.05) is 13.1 Å². The van der Waals surface area contributed by atoms with Crippen LogP contribution in [0.4, 0.5) is 0 Å². The number of carbonyl (C=O) groups is 1. The summed E-state index contributed by atoms with van der Waals surface area (Å²) < 4.78 is 0. The molecule has 104 valence electrons. The van der Waals surface area contributed by atoms with Gasteiger partial charge in [-0.25, -0.2) is 9.97 Å². The third kappa shape index (κ3) is 2.45. The van der Waals surface area contributed by atoms with E-state index in [1.54, 1.807) is 17.7 Å². The Bertz CT molecular complexity index is 610. The van der Waals surface area contributed by atoms with E-state index in [1.165, 1.54) is 5.56 Å². The number of rotatable bonds is 2. The predicted octanol–water partition coefficient (Wildman–Crippen LogP) is 2.34. The van der Waals surface area contributed by atoms with E-state index < -0.39 is 0 Å². The van der Waals surface area contributed by atoms with Crippen molar-refractivity contribution >= 4 is 17.2 Å². The molecule has 4 nitrogen and oxygen atoms in total. The molecule has 1 aliphatic rings. The second kappa shape index (κ2) is 5.71. The standard InChI is InChI=1S/C15H17N3OS/c1-2-13-12-3-6-18(7-4-14(12)17-10-16-13)15(19)11-5-8-20-9-11/h5,8-10H,2-4,6-7H2,1H3. The molecule has 20 heavy (non-hydrogen) atoms. The van der Waals surface area contributed by atoms with Gasteiger partial charge in [0.25, 0.3) is 5.91 Å². The van der Waals surface area contributed by atoms with Crippen molar-refractivity contribution in [1.29, 1.82) is 0 Å². The highest BCUT2D eigenvalue weighted by Crippen LogP contribution is 2.19. The number of hydrogen-bond donors (Lipinski definition) is 0. The monoisotopic (exact) mass is 287 g/mol. The van der Waals surface area contributed by atoms with Gasteiger partial charge >= 0.3 is 0 Å². The van der Waals surface area contributed by atoms with Crippen LogP contribution in [0.3, 0.4) is 0 Å². The van der Waals surface area contributed by atoms with E-state index in [0.717, 1.165) is 49.3 Å². The minimum absolute atomic E-state index is 0.130. The van der Waals surface area contributed by atoms with Crippen molar-refractivity contribution in [3.63, 3.8) is 0 Å². The fraction of sp³-hybridized carbons (Fsp3) is 0.400. The van der Waals surface area contributed by atoms with Crippen LogP contribution in [-0.4, -0.2) is 33.9 Å². The zero-order valence-corrected chi connectivity index (χ0v) is 12.3. The van der Waals surface area contributed by atoms with Crippen LogP contribution in [0.2, 0.25) is 0 Å². The molecule has 0 bridgehead atoms. The third-order valence-electron chi connectivity index (χ3n) is 3.76. The Labute approximate surface area is 122 Å². The second-order valence-corrected chi connectivity index (χ2v) is 5.68. The number of nitrogens with zero attached hydrogens (tertiary/aromatic N) is 3. The molecule has 2 aromatic rings. The van der Waals surface area contributed by atoms with Crippen LogP contribution in [0.1, 0.15) is 34.2 Å². The Hall–Kier alpha value is -1.75. The maximum atomic E-state index is 12.4. The van der Waals surface area contributed by atoms with Gasteiger partial charge in [0.05, 0.1) is 5.56 Å². The average Bonchev–Trinajstić information content (AvgIpc) is 2.92. The minimum Gasteiger partial charge on any atom is -0.338 e. The lowest BCUT2D eigenvalue weighted by Gasteiger charge is -2.19. The molecule has 0 fully saturated rings. The van der Waals surface area contributed by atoms with E-state index in [4.69, 9.17) is 0 Å². The topological polar surface area (TPSA) is 46.1 Å². The van der Waals surface area contributed by atoms with Crippen molar-refractivity contribution in [2.45, 2.75) is 26.2 Å². The van der Waals surface area contributed by atoms with Gasteiger partial charge < -0.3 is 4.90 Å². The first-order valence-corrected chi connectivity index (χ1v) is 7.87. The molecule has 0 atom stereocenters. The summed E-state index contributed by atoms with van der Waals surface area (Å²) in [5, 5.41) is 3.86. The SMILES string of the molecule is CCc1ncnc2c1CCN(C(=O)c1ccsc1)CC2. The molecule has 5 heteroatoms. The van der Waals surface area contributed by atoms with Crippen molar-refractivity contribution in [1.82, 2.24) is 14.9 Å². The summed E-state index contributed by atoms with van der Waals surface area (Å²) in [4.78, 5) is 23.1. The number of aromatic nitrogens is 2. The molecule has 1 aliphatic heterocycles. The quantitative estimate of drug-likeness (QED) is 0.851. The summed E-state index contributed by atoms with van der Waals surface area (Å²) in [5.41, 5.74) is 4.27. The van der Waals surface area contributed by atoms with Crippen molar-refractivity contribution in [3.05, 3.63) is 45.7 Å². The molecule has 2 aromatic heterocycles. The Kier molecular flexibility index (Phi) is 3.78. The molecular formula is C15H17N3OS. The van der Waals surface area contributed by atoms with Gasteiger partial charge in [0, 0.05) is 36.3 Å². The summed E-state index contributed by atoms with van der Waals surface area (Å²) in [7, 11) is 0. The molecule has 0 saturated carbocycles. The summed E-state index contributed by atoms with van der Waals surface area (Å²) in [6.07, 6.45) is 4.24. The highest BCUT2D eigenvalue weighted by Gasteiger charge is 2.22. The molecule has 0 aromatic carbocycles. The maximum absolute atomic E-state index is 12.4. The maximum Gasteiger partial charge on any atom is 0.254 e. The number of aryl methyl sites for hydroxylation is 1. The highest BCUT2D eigenvalue weighted by molar-refractivity contribution is 7.08. The molecule has 3 rings (SSSR count). The normalized spacial score (nSPS) is 14.8. The molecular weight excluding hydrogens is 270 g/mol. The van der Waals surface area contributed by atoms with Crippen LogP contribution in [0.25, 0.3) is 0 Å². The number of amides is 1. The van der Waals surface area contributed by atoms with Gasteiger partial charge in [0.1, 0.15) is 6.33 Å². The van der Waals surface area contributed by atoms with Crippen LogP contribution in [0.15, 0.2) is 23.2 Å². The molecule has 3 heterocycles. The summed E-state index contributed by atoms with van der Waals surface area (Å²) in [5.74, 6) is 0.130. The molecule has 0 radical (unpaired) electrons. The lowest BCUT2D eigenvalue weighted by molar-refractivity contribution is 0.0763. The van der Waals surface area contributed by atoms with Gasteiger partial charge in [-0.15, -0.1) is 0 Å². The van der Waals surface area contributed by atoms with Gasteiger partial charge in [-0.2, -0.15) is 11.3 Å². The summed E-state index contributed by atoms with van der Waals surface area (Å²) in [6.45, 7) is 3.60. The molecule has 1 amide bonds. The van der Waals surface area contributed by atoms with E-state index in [9.17, 15) is 4.79 Å². The van der Waals surface area contributed by atoms with Crippen LogP contribution in [0.5, 0.6) is 0 Å².